The van der Waals surface area contributed by atoms with Crippen molar-refractivity contribution in [1.29, 1.82) is 0 Å². The van der Waals surface area contributed by atoms with E-state index in [-0.39, 0.29) is 5.15 Å². The van der Waals surface area contributed by atoms with Crippen LogP contribution >= 0.6 is 11.6 Å². The van der Waals surface area contributed by atoms with Crippen molar-refractivity contribution in [2.45, 2.75) is 26.3 Å². The van der Waals surface area contributed by atoms with Crippen molar-refractivity contribution in [2.75, 3.05) is 0 Å². The van der Waals surface area contributed by atoms with E-state index < -0.39 is 11.1 Å². The zero-order valence-electron chi connectivity index (χ0n) is 13.8. The molecule has 128 valence electrons. The summed E-state index contributed by atoms with van der Waals surface area (Å²) in [7, 11) is 0. The Bertz CT molecular complexity index is 1040. The molecule has 0 fully saturated rings. The molecule has 0 bridgehead atoms. The summed E-state index contributed by atoms with van der Waals surface area (Å²) in [6, 6.07) is 11.3. The molecule has 0 aliphatic rings. The van der Waals surface area contributed by atoms with Gasteiger partial charge >= 0.3 is 11.1 Å². The van der Waals surface area contributed by atoms with Gasteiger partial charge in [0.1, 0.15) is 5.52 Å². The van der Waals surface area contributed by atoms with E-state index in [0.29, 0.717) is 23.3 Å². The predicted octanol–water partition coefficient (Wildman–Crippen LogP) is 3.60. The normalized spacial score (nSPS) is 11.4. The molecule has 0 atom stereocenters. The number of allylic oxidation sites excluding steroid dienone is 1. The highest BCUT2D eigenvalue weighted by molar-refractivity contribution is 6.33. The summed E-state index contributed by atoms with van der Waals surface area (Å²) in [5, 5.41) is 0.174. The molecule has 3 rings (SSSR count). The van der Waals surface area contributed by atoms with E-state index in [9.17, 15) is 9.59 Å². The zero-order chi connectivity index (χ0) is 17.8. The van der Waals surface area contributed by atoms with Crippen LogP contribution in [0.5, 0.6) is 0 Å². The van der Waals surface area contributed by atoms with Crippen molar-refractivity contribution in [3.63, 3.8) is 0 Å². The number of H-pyrrole nitrogens is 1. The summed E-state index contributed by atoms with van der Waals surface area (Å²) in [4.78, 5) is 31.2. The lowest BCUT2D eigenvalue weighted by Gasteiger charge is -2.11. The molecule has 0 radical (unpaired) electrons. The highest BCUT2D eigenvalue weighted by Crippen LogP contribution is 2.20. The predicted molar refractivity (Wildman–Crippen MR) is 101 cm³/mol. The van der Waals surface area contributed by atoms with Gasteiger partial charge in [-0.1, -0.05) is 61.4 Å². The Kier molecular flexibility index (Phi) is 5.14. The monoisotopic (exact) mass is 355 g/mol. The summed E-state index contributed by atoms with van der Waals surface area (Å²) >= 11 is 6.24. The number of pyridine rings is 1. The quantitative estimate of drug-likeness (QED) is 0.561. The first-order valence-corrected chi connectivity index (χ1v) is 8.51. The van der Waals surface area contributed by atoms with Gasteiger partial charge in [-0.3, -0.25) is 14.2 Å². The van der Waals surface area contributed by atoms with Gasteiger partial charge in [-0.05, 0) is 24.1 Å². The lowest BCUT2D eigenvalue weighted by atomic mass is 10.2. The van der Waals surface area contributed by atoms with Crippen molar-refractivity contribution in [3.8, 4) is 0 Å². The van der Waals surface area contributed by atoms with Crippen LogP contribution < -0.4 is 11.1 Å². The molecule has 0 aliphatic heterocycles. The van der Waals surface area contributed by atoms with E-state index in [1.807, 2.05) is 42.5 Å². The average molecular weight is 356 g/mol. The molecule has 1 N–H and O–H groups in total. The molecule has 2 aromatic heterocycles. The number of hydrogen-bond donors (Lipinski definition) is 1. The number of halogens is 1. The maximum absolute atomic E-state index is 12.4. The number of aromatic nitrogens is 3. The van der Waals surface area contributed by atoms with Crippen molar-refractivity contribution in [1.82, 2.24) is 14.5 Å². The number of fused-ring (bicyclic) bond motifs is 1. The van der Waals surface area contributed by atoms with Crippen LogP contribution in [0, 0.1) is 0 Å². The van der Waals surface area contributed by atoms with Crippen LogP contribution in [-0.2, 0) is 6.54 Å². The minimum absolute atomic E-state index is 0.174. The van der Waals surface area contributed by atoms with Crippen LogP contribution in [0.3, 0.4) is 0 Å². The Labute approximate surface area is 149 Å². The molecule has 5 nitrogen and oxygen atoms in total. The fourth-order valence-electron chi connectivity index (χ4n) is 2.63. The molecule has 0 unspecified atom stereocenters. The SMILES string of the molecule is CCCC=Cc1cc2c([nH]c(=O)c(=O)n2Cc2ccccc2)c(Cl)n1. The minimum atomic E-state index is -0.707. The van der Waals surface area contributed by atoms with Gasteiger partial charge in [0.2, 0.25) is 0 Å². The fraction of sp³-hybridized carbons (Fsp3) is 0.211. The minimum Gasteiger partial charge on any atom is -0.313 e. The summed E-state index contributed by atoms with van der Waals surface area (Å²) < 4.78 is 1.44. The average Bonchev–Trinajstić information content (AvgIpc) is 2.61. The largest absolute Gasteiger partial charge is 0.317 e. The van der Waals surface area contributed by atoms with Gasteiger partial charge in [0.05, 0.1) is 17.8 Å². The second kappa shape index (κ2) is 7.49. The van der Waals surface area contributed by atoms with Crippen LogP contribution in [0.1, 0.15) is 31.0 Å². The maximum Gasteiger partial charge on any atom is 0.317 e. The smallest absolute Gasteiger partial charge is 0.313 e. The molecule has 0 aliphatic carbocycles. The molecule has 0 saturated carbocycles. The van der Waals surface area contributed by atoms with Crippen LogP contribution in [0.2, 0.25) is 5.15 Å². The van der Waals surface area contributed by atoms with Crippen molar-refractivity contribution < 1.29 is 0 Å². The number of aromatic amines is 1. The van der Waals surface area contributed by atoms with E-state index in [2.05, 4.69) is 16.9 Å². The van der Waals surface area contributed by atoms with E-state index in [0.717, 1.165) is 18.4 Å². The lowest BCUT2D eigenvalue weighted by molar-refractivity contribution is 0.775. The first-order valence-electron chi connectivity index (χ1n) is 8.14. The Morgan fingerprint density at radius 1 is 1.24 bits per heavy atom. The van der Waals surface area contributed by atoms with Crippen molar-refractivity contribution in [2.24, 2.45) is 0 Å². The molecular formula is C19H18ClN3O2. The second-order valence-electron chi connectivity index (χ2n) is 5.75. The molecule has 1 aromatic carbocycles. The Morgan fingerprint density at radius 3 is 2.72 bits per heavy atom. The zero-order valence-corrected chi connectivity index (χ0v) is 14.6. The number of nitrogens with one attached hydrogen (secondary N) is 1. The third-order valence-corrected chi connectivity index (χ3v) is 4.14. The highest BCUT2D eigenvalue weighted by Gasteiger charge is 2.12. The van der Waals surface area contributed by atoms with Crippen LogP contribution in [0.25, 0.3) is 17.1 Å². The molecule has 0 spiro atoms. The number of rotatable bonds is 5. The van der Waals surface area contributed by atoms with Gasteiger partial charge in [-0.15, -0.1) is 0 Å². The summed E-state index contributed by atoms with van der Waals surface area (Å²) in [6.07, 6.45) is 5.84. The fourth-order valence-corrected chi connectivity index (χ4v) is 2.87. The Hall–Kier alpha value is -2.66. The van der Waals surface area contributed by atoms with Gasteiger partial charge < -0.3 is 4.98 Å². The van der Waals surface area contributed by atoms with E-state index in [1.54, 1.807) is 6.07 Å². The number of nitrogens with zero attached hydrogens (tertiary/aromatic N) is 2. The van der Waals surface area contributed by atoms with Crippen LogP contribution in [-0.4, -0.2) is 14.5 Å². The van der Waals surface area contributed by atoms with Crippen LogP contribution in [0.15, 0.2) is 52.1 Å². The van der Waals surface area contributed by atoms with Gasteiger partial charge in [-0.25, -0.2) is 4.98 Å². The summed E-state index contributed by atoms with van der Waals surface area (Å²) in [6.45, 7) is 2.38. The third kappa shape index (κ3) is 3.72. The van der Waals surface area contributed by atoms with Gasteiger partial charge in [0.15, 0.2) is 5.15 Å². The van der Waals surface area contributed by atoms with Crippen molar-refractivity contribution in [3.05, 3.63) is 79.6 Å². The van der Waals surface area contributed by atoms with Gasteiger partial charge in [0, 0.05) is 0 Å². The molecule has 25 heavy (non-hydrogen) atoms. The summed E-state index contributed by atoms with van der Waals surface area (Å²) in [5.41, 5.74) is 1.19. The Morgan fingerprint density at radius 2 is 2.00 bits per heavy atom. The van der Waals surface area contributed by atoms with E-state index >= 15 is 0 Å². The standard InChI is InChI=1S/C19H18ClN3O2/c1-2-3-5-10-14-11-15-16(17(20)21-14)22-18(24)19(25)23(15)12-13-8-6-4-7-9-13/h4-11H,2-3,12H2,1H3,(H,22,24). The highest BCUT2D eigenvalue weighted by atomic mass is 35.5. The van der Waals surface area contributed by atoms with E-state index in [1.165, 1.54) is 4.57 Å². The third-order valence-electron chi connectivity index (χ3n) is 3.87. The second-order valence-corrected chi connectivity index (χ2v) is 6.11. The molecule has 0 saturated heterocycles. The maximum atomic E-state index is 12.4. The van der Waals surface area contributed by atoms with Crippen molar-refractivity contribution >= 4 is 28.7 Å². The van der Waals surface area contributed by atoms with Gasteiger partial charge in [0.25, 0.3) is 0 Å². The number of hydrogen-bond acceptors (Lipinski definition) is 3. The topological polar surface area (TPSA) is 67.8 Å². The number of unbranched alkanes of at least 4 members (excludes halogenated alkanes) is 1. The van der Waals surface area contributed by atoms with Crippen LogP contribution in [0.4, 0.5) is 0 Å². The molecule has 3 aromatic rings. The Balaban J connectivity index is 2.20. The molecule has 2 heterocycles. The molecule has 6 heteroatoms. The molecule has 0 amide bonds. The summed E-state index contributed by atoms with van der Waals surface area (Å²) in [5.74, 6) is 0. The van der Waals surface area contributed by atoms with Gasteiger partial charge in [-0.2, -0.15) is 0 Å². The molecular weight excluding hydrogens is 338 g/mol. The van der Waals surface area contributed by atoms with E-state index in [4.69, 9.17) is 11.6 Å². The first-order chi connectivity index (χ1) is 12.1. The lowest BCUT2D eigenvalue weighted by Crippen LogP contribution is -2.36. The number of benzene rings is 1. The first kappa shape index (κ1) is 17.2.